The average molecular weight is 303 g/mol. The molecule has 7 nitrogen and oxygen atoms in total. The second-order valence-corrected chi connectivity index (χ2v) is 5.80. The number of carbonyl (C=O) groups is 1. The van der Waals surface area contributed by atoms with E-state index in [2.05, 4.69) is 15.0 Å². The molecule has 0 amide bonds. The van der Waals surface area contributed by atoms with E-state index >= 15 is 0 Å². The molecule has 1 fully saturated rings. The zero-order valence-corrected chi connectivity index (χ0v) is 12.8. The van der Waals surface area contributed by atoms with Crippen molar-refractivity contribution >= 4 is 23.0 Å². The molecule has 1 aliphatic carbocycles. The van der Waals surface area contributed by atoms with E-state index in [1.807, 2.05) is 4.57 Å². The fourth-order valence-corrected chi connectivity index (χ4v) is 3.20. The number of nitrogens with two attached hydrogens (primary N) is 1. The molecule has 2 heterocycles. The Bertz CT molecular complexity index is 676. The number of imidazole rings is 1. The Hall–Kier alpha value is -2.18. The highest BCUT2D eigenvalue weighted by atomic mass is 16.5. The fourth-order valence-electron chi connectivity index (χ4n) is 3.20. The van der Waals surface area contributed by atoms with Gasteiger partial charge in [0, 0.05) is 6.54 Å². The molecule has 0 aromatic carbocycles. The van der Waals surface area contributed by atoms with E-state index < -0.39 is 5.97 Å². The summed E-state index contributed by atoms with van der Waals surface area (Å²) in [5.74, 6) is 0.768. The van der Waals surface area contributed by atoms with Crippen LogP contribution in [0.15, 0.2) is 6.33 Å². The number of methoxy groups -OCH3 is 1. The molecule has 0 bridgehead atoms. The topological polar surface area (TPSA) is 95.9 Å². The highest BCUT2D eigenvalue weighted by Gasteiger charge is 2.22. The predicted octanol–water partition coefficient (Wildman–Crippen LogP) is 2.17. The van der Waals surface area contributed by atoms with Crippen molar-refractivity contribution in [2.24, 2.45) is 5.92 Å². The number of ether oxygens (including phenoxy) is 1. The van der Waals surface area contributed by atoms with E-state index in [0.717, 1.165) is 6.42 Å². The first kappa shape index (κ1) is 14.7. The van der Waals surface area contributed by atoms with Gasteiger partial charge in [-0.25, -0.2) is 19.7 Å². The molecule has 118 valence electrons. The largest absolute Gasteiger partial charge is 0.463 e. The number of fused-ring (bicyclic) bond motifs is 1. The smallest absolute Gasteiger partial charge is 0.374 e. The van der Waals surface area contributed by atoms with E-state index in [1.54, 1.807) is 0 Å². The Labute approximate surface area is 128 Å². The first-order valence-corrected chi connectivity index (χ1v) is 7.75. The maximum absolute atomic E-state index is 12.0. The molecule has 0 saturated heterocycles. The number of carbonyl (C=O) groups excluding carboxylic acids is 1. The Morgan fingerprint density at radius 1 is 1.36 bits per heavy atom. The summed E-state index contributed by atoms with van der Waals surface area (Å²) in [5, 5.41) is 0. The van der Waals surface area contributed by atoms with Crippen LogP contribution in [0.5, 0.6) is 0 Å². The summed E-state index contributed by atoms with van der Waals surface area (Å²) in [5.41, 5.74) is 6.90. The van der Waals surface area contributed by atoms with Crippen molar-refractivity contribution in [3.05, 3.63) is 12.2 Å². The first-order valence-electron chi connectivity index (χ1n) is 7.75. The monoisotopic (exact) mass is 303 g/mol. The minimum absolute atomic E-state index is 0.250. The molecule has 22 heavy (non-hydrogen) atoms. The predicted molar refractivity (Wildman–Crippen MR) is 82.3 cm³/mol. The summed E-state index contributed by atoms with van der Waals surface area (Å²) in [6.07, 6.45) is 8.87. The molecular formula is C15H21N5O2. The van der Waals surface area contributed by atoms with Crippen molar-refractivity contribution < 1.29 is 9.53 Å². The van der Waals surface area contributed by atoms with Crippen molar-refractivity contribution in [3.8, 4) is 0 Å². The van der Waals surface area contributed by atoms with Crippen LogP contribution in [0.1, 0.15) is 49.1 Å². The molecule has 2 aromatic heterocycles. The Morgan fingerprint density at radius 2 is 2.14 bits per heavy atom. The quantitative estimate of drug-likeness (QED) is 0.869. The summed E-state index contributed by atoms with van der Waals surface area (Å²) in [6.45, 7) is 0.696. The van der Waals surface area contributed by atoms with E-state index in [0.29, 0.717) is 23.6 Å². The molecule has 7 heteroatoms. The Balaban J connectivity index is 1.91. The number of anilines is 1. The maximum atomic E-state index is 12.0. The lowest BCUT2D eigenvalue weighted by molar-refractivity contribution is 0.0581. The zero-order valence-electron chi connectivity index (χ0n) is 12.8. The summed E-state index contributed by atoms with van der Waals surface area (Å²) >= 11 is 0. The third-order valence-electron chi connectivity index (χ3n) is 4.41. The van der Waals surface area contributed by atoms with Crippen LogP contribution in [0.3, 0.4) is 0 Å². The first-order chi connectivity index (χ1) is 10.7. The molecule has 2 aromatic rings. The van der Waals surface area contributed by atoms with Gasteiger partial charge in [-0.1, -0.05) is 32.1 Å². The van der Waals surface area contributed by atoms with Gasteiger partial charge in [-0.2, -0.15) is 0 Å². The van der Waals surface area contributed by atoms with Gasteiger partial charge in [-0.15, -0.1) is 0 Å². The number of aryl methyl sites for hydroxylation is 1. The molecule has 1 aliphatic rings. The van der Waals surface area contributed by atoms with Crippen molar-refractivity contribution in [2.45, 2.75) is 45.1 Å². The van der Waals surface area contributed by atoms with Crippen LogP contribution in [0.2, 0.25) is 0 Å². The van der Waals surface area contributed by atoms with Crippen LogP contribution in [-0.2, 0) is 11.3 Å². The molecule has 0 aliphatic heterocycles. The minimum Gasteiger partial charge on any atom is -0.463 e. The molecule has 0 unspecified atom stereocenters. The van der Waals surface area contributed by atoms with E-state index in [-0.39, 0.29) is 11.6 Å². The molecule has 2 N–H and O–H groups in total. The molecular weight excluding hydrogens is 282 g/mol. The number of nitrogens with zero attached hydrogens (tertiary/aromatic N) is 4. The summed E-state index contributed by atoms with van der Waals surface area (Å²) < 4.78 is 6.64. The second-order valence-electron chi connectivity index (χ2n) is 5.80. The molecule has 1 saturated carbocycles. The number of rotatable bonds is 4. The van der Waals surface area contributed by atoms with Crippen LogP contribution in [0.4, 0.5) is 5.82 Å². The number of hydrogen-bond acceptors (Lipinski definition) is 6. The lowest BCUT2D eigenvalue weighted by atomic mass is 9.87. The average Bonchev–Trinajstić information content (AvgIpc) is 2.93. The molecule has 0 spiro atoms. The number of esters is 1. The van der Waals surface area contributed by atoms with Crippen LogP contribution in [-0.4, -0.2) is 32.6 Å². The highest BCUT2D eigenvalue weighted by molar-refractivity contribution is 5.92. The van der Waals surface area contributed by atoms with Crippen molar-refractivity contribution in [1.29, 1.82) is 0 Å². The number of aromatic nitrogens is 4. The van der Waals surface area contributed by atoms with Crippen LogP contribution >= 0.6 is 0 Å². The molecule has 3 rings (SSSR count). The second kappa shape index (κ2) is 6.29. The zero-order chi connectivity index (χ0) is 15.5. The summed E-state index contributed by atoms with van der Waals surface area (Å²) in [7, 11) is 1.35. The van der Waals surface area contributed by atoms with Gasteiger partial charge in [0.15, 0.2) is 17.0 Å². The van der Waals surface area contributed by atoms with Crippen molar-refractivity contribution in [2.75, 3.05) is 12.8 Å². The molecule has 0 atom stereocenters. The van der Waals surface area contributed by atoms with Crippen molar-refractivity contribution in [1.82, 2.24) is 19.5 Å². The number of hydrogen-bond donors (Lipinski definition) is 1. The van der Waals surface area contributed by atoms with Crippen LogP contribution in [0.25, 0.3) is 11.2 Å². The molecule has 0 radical (unpaired) electrons. The van der Waals surface area contributed by atoms with E-state index in [4.69, 9.17) is 10.5 Å². The lowest BCUT2D eigenvalue weighted by Gasteiger charge is -2.21. The van der Waals surface area contributed by atoms with Gasteiger partial charge in [-0.05, 0) is 12.3 Å². The number of nitrogen functional groups attached to an aromatic ring is 1. The van der Waals surface area contributed by atoms with Gasteiger partial charge in [0.25, 0.3) is 0 Å². The standard InChI is InChI=1S/C15H21N5O2/c1-22-15(21)14-19-11-12(16)17-9-18-13(11)20(14)8-7-10-5-3-2-4-6-10/h9-10H,2-8H2,1H3,(H2,16,17,18). The fraction of sp³-hybridized carbons (Fsp3) is 0.600. The lowest BCUT2D eigenvalue weighted by Crippen LogP contribution is -2.15. The SMILES string of the molecule is COC(=O)c1nc2c(N)ncnc2n1CCC1CCCCC1. The van der Waals surface area contributed by atoms with E-state index in [9.17, 15) is 4.79 Å². The minimum atomic E-state index is -0.471. The van der Waals surface area contributed by atoms with E-state index in [1.165, 1.54) is 45.5 Å². The van der Waals surface area contributed by atoms with Crippen LogP contribution in [0, 0.1) is 5.92 Å². The third-order valence-corrected chi connectivity index (χ3v) is 4.41. The normalized spacial score (nSPS) is 16.0. The van der Waals surface area contributed by atoms with Gasteiger partial charge >= 0.3 is 5.97 Å². The van der Waals surface area contributed by atoms with Gasteiger partial charge in [0.2, 0.25) is 5.82 Å². The van der Waals surface area contributed by atoms with Gasteiger partial charge < -0.3 is 15.0 Å². The summed E-state index contributed by atoms with van der Waals surface area (Å²) in [4.78, 5) is 24.4. The van der Waals surface area contributed by atoms with Gasteiger partial charge in [-0.3, -0.25) is 0 Å². The summed E-state index contributed by atoms with van der Waals surface area (Å²) in [6, 6.07) is 0. The van der Waals surface area contributed by atoms with Crippen LogP contribution < -0.4 is 5.73 Å². The van der Waals surface area contributed by atoms with Gasteiger partial charge in [0.05, 0.1) is 7.11 Å². The highest BCUT2D eigenvalue weighted by Crippen LogP contribution is 2.28. The Kier molecular flexibility index (Phi) is 4.22. The maximum Gasteiger partial charge on any atom is 0.374 e. The Morgan fingerprint density at radius 3 is 2.86 bits per heavy atom. The third kappa shape index (κ3) is 2.75. The van der Waals surface area contributed by atoms with Gasteiger partial charge in [0.1, 0.15) is 6.33 Å². The van der Waals surface area contributed by atoms with Crippen molar-refractivity contribution in [3.63, 3.8) is 0 Å².